The molecule has 3 saturated heterocycles. The van der Waals surface area contributed by atoms with Crippen LogP contribution in [0.15, 0.2) is 29.4 Å². The Bertz CT molecular complexity index is 698. The van der Waals surface area contributed by atoms with Gasteiger partial charge in [0.1, 0.15) is 0 Å². The van der Waals surface area contributed by atoms with Crippen LogP contribution in [-0.4, -0.2) is 96.3 Å². The summed E-state index contributed by atoms with van der Waals surface area (Å²) in [5.74, 6) is 0.783. The molecule has 0 saturated carbocycles. The van der Waals surface area contributed by atoms with E-state index >= 15 is 0 Å². The van der Waals surface area contributed by atoms with E-state index < -0.39 is 0 Å². The molecule has 8 heteroatoms. The standard InChI is InChI=1S/C20H28N4O3S/c25-18(15-28-17-1-5-21-6-2-17)24-8-4-20(16-24)3-7-23(19(20)26)10-9-22-11-13-27-14-12-22/h1-2,5-6H,3-4,7-16H2. The molecule has 0 radical (unpaired) electrons. The topological polar surface area (TPSA) is 66.0 Å². The van der Waals surface area contributed by atoms with Gasteiger partial charge in [-0.25, -0.2) is 0 Å². The van der Waals surface area contributed by atoms with E-state index in [0.717, 1.165) is 63.7 Å². The summed E-state index contributed by atoms with van der Waals surface area (Å²) in [7, 11) is 0. The number of thioether (sulfide) groups is 1. The van der Waals surface area contributed by atoms with Crippen molar-refractivity contribution in [2.75, 3.05) is 64.8 Å². The maximum atomic E-state index is 13.1. The van der Waals surface area contributed by atoms with E-state index in [1.54, 1.807) is 12.4 Å². The van der Waals surface area contributed by atoms with Gasteiger partial charge in [0.15, 0.2) is 0 Å². The molecule has 1 atom stereocenters. The van der Waals surface area contributed by atoms with Crippen molar-refractivity contribution in [1.29, 1.82) is 0 Å². The van der Waals surface area contributed by atoms with Gasteiger partial charge in [0.05, 0.1) is 24.4 Å². The minimum Gasteiger partial charge on any atom is -0.379 e. The monoisotopic (exact) mass is 404 g/mol. The van der Waals surface area contributed by atoms with E-state index in [4.69, 9.17) is 4.74 Å². The van der Waals surface area contributed by atoms with Crippen LogP contribution in [0.3, 0.4) is 0 Å². The molecule has 1 aromatic rings. The smallest absolute Gasteiger partial charge is 0.232 e. The predicted octanol–water partition coefficient (Wildman–Crippen LogP) is 0.957. The van der Waals surface area contributed by atoms with Crippen LogP contribution in [0, 0.1) is 5.41 Å². The summed E-state index contributed by atoms with van der Waals surface area (Å²) in [5, 5.41) is 0. The average molecular weight is 405 g/mol. The van der Waals surface area contributed by atoms with Crippen LogP contribution >= 0.6 is 11.8 Å². The number of amides is 2. The van der Waals surface area contributed by atoms with Crippen molar-refractivity contribution in [3.8, 4) is 0 Å². The molecule has 4 heterocycles. The summed E-state index contributed by atoms with van der Waals surface area (Å²) in [6, 6.07) is 3.83. The molecule has 4 rings (SSSR count). The van der Waals surface area contributed by atoms with Gasteiger partial charge in [-0.2, -0.15) is 0 Å². The number of morpholine rings is 1. The fraction of sp³-hybridized carbons (Fsp3) is 0.650. The number of ether oxygens (including phenoxy) is 1. The first kappa shape index (κ1) is 19.7. The summed E-state index contributed by atoms with van der Waals surface area (Å²) in [6.07, 6.45) is 5.14. The fourth-order valence-corrected chi connectivity index (χ4v) is 5.11. The lowest BCUT2D eigenvalue weighted by atomic mass is 9.85. The first-order valence-corrected chi connectivity index (χ1v) is 11.0. The number of pyridine rings is 1. The van der Waals surface area contributed by atoms with Crippen molar-refractivity contribution in [2.45, 2.75) is 17.7 Å². The van der Waals surface area contributed by atoms with Crippen LogP contribution in [0.5, 0.6) is 0 Å². The van der Waals surface area contributed by atoms with Gasteiger partial charge in [0, 0.05) is 63.1 Å². The third kappa shape index (κ3) is 4.34. The molecule has 0 bridgehead atoms. The van der Waals surface area contributed by atoms with Gasteiger partial charge in [-0.05, 0) is 25.0 Å². The van der Waals surface area contributed by atoms with Gasteiger partial charge in [0.2, 0.25) is 11.8 Å². The molecular formula is C20H28N4O3S. The molecule has 2 amide bonds. The van der Waals surface area contributed by atoms with Crippen molar-refractivity contribution >= 4 is 23.6 Å². The fourth-order valence-electron chi connectivity index (χ4n) is 4.33. The maximum Gasteiger partial charge on any atom is 0.232 e. The zero-order valence-electron chi connectivity index (χ0n) is 16.2. The first-order chi connectivity index (χ1) is 13.7. The Hall–Kier alpha value is -1.64. The summed E-state index contributed by atoms with van der Waals surface area (Å²) >= 11 is 1.53. The minimum atomic E-state index is -0.345. The highest BCUT2D eigenvalue weighted by Crippen LogP contribution is 2.40. The predicted molar refractivity (Wildman–Crippen MR) is 107 cm³/mol. The Morgan fingerprint density at radius 1 is 1.11 bits per heavy atom. The SMILES string of the molecule is O=C(CSc1ccncc1)N1CCC2(CCN(CCN3CCOCC3)C2=O)C1. The first-order valence-electron chi connectivity index (χ1n) is 10.1. The van der Waals surface area contributed by atoms with Gasteiger partial charge < -0.3 is 14.5 Å². The normalized spacial score (nSPS) is 25.8. The van der Waals surface area contributed by atoms with E-state index in [9.17, 15) is 9.59 Å². The second-order valence-corrected chi connectivity index (χ2v) is 8.86. The van der Waals surface area contributed by atoms with E-state index in [0.29, 0.717) is 18.8 Å². The molecule has 0 aromatic carbocycles. The summed E-state index contributed by atoms with van der Waals surface area (Å²) < 4.78 is 5.39. The van der Waals surface area contributed by atoms with Gasteiger partial charge in [-0.15, -0.1) is 11.8 Å². The molecule has 3 aliphatic heterocycles. The van der Waals surface area contributed by atoms with Crippen molar-refractivity contribution < 1.29 is 14.3 Å². The molecule has 0 N–H and O–H groups in total. The van der Waals surface area contributed by atoms with Crippen LogP contribution in [0.25, 0.3) is 0 Å². The van der Waals surface area contributed by atoms with E-state index in [-0.39, 0.29) is 17.2 Å². The molecule has 1 unspecified atom stereocenters. The van der Waals surface area contributed by atoms with Crippen LogP contribution in [0.4, 0.5) is 0 Å². The Balaban J connectivity index is 1.26. The Morgan fingerprint density at radius 2 is 1.86 bits per heavy atom. The number of carbonyl (C=O) groups excluding carboxylic acids is 2. The quantitative estimate of drug-likeness (QED) is 0.658. The maximum absolute atomic E-state index is 13.1. The van der Waals surface area contributed by atoms with Gasteiger partial charge in [-0.1, -0.05) is 0 Å². The molecule has 7 nitrogen and oxygen atoms in total. The number of hydrogen-bond acceptors (Lipinski definition) is 6. The summed E-state index contributed by atoms with van der Waals surface area (Å²) in [5.41, 5.74) is -0.345. The van der Waals surface area contributed by atoms with Crippen molar-refractivity contribution in [1.82, 2.24) is 19.7 Å². The van der Waals surface area contributed by atoms with Gasteiger partial charge in [0.25, 0.3) is 0 Å². The summed E-state index contributed by atoms with van der Waals surface area (Å²) in [4.78, 5) is 37.0. The number of likely N-dealkylation sites (tertiary alicyclic amines) is 2. The lowest BCUT2D eigenvalue weighted by Gasteiger charge is -2.29. The van der Waals surface area contributed by atoms with Gasteiger partial charge in [-0.3, -0.25) is 19.5 Å². The Kier molecular flexibility index (Phi) is 6.18. The third-order valence-electron chi connectivity index (χ3n) is 6.11. The molecule has 1 aromatic heterocycles. The second-order valence-electron chi connectivity index (χ2n) is 7.81. The number of aromatic nitrogens is 1. The molecule has 1 spiro atoms. The van der Waals surface area contributed by atoms with Crippen molar-refractivity contribution in [3.05, 3.63) is 24.5 Å². The highest BCUT2D eigenvalue weighted by molar-refractivity contribution is 8.00. The highest BCUT2D eigenvalue weighted by atomic mass is 32.2. The lowest BCUT2D eigenvalue weighted by Crippen LogP contribution is -2.44. The van der Waals surface area contributed by atoms with Crippen LogP contribution in [0.2, 0.25) is 0 Å². The number of nitrogens with zero attached hydrogens (tertiary/aromatic N) is 4. The zero-order chi connectivity index (χ0) is 19.4. The molecular weight excluding hydrogens is 376 g/mol. The van der Waals surface area contributed by atoms with Crippen LogP contribution < -0.4 is 0 Å². The van der Waals surface area contributed by atoms with E-state index in [1.807, 2.05) is 21.9 Å². The third-order valence-corrected chi connectivity index (χ3v) is 7.11. The van der Waals surface area contributed by atoms with E-state index in [1.165, 1.54) is 11.8 Å². The van der Waals surface area contributed by atoms with Gasteiger partial charge >= 0.3 is 0 Å². The van der Waals surface area contributed by atoms with Crippen molar-refractivity contribution in [3.63, 3.8) is 0 Å². The van der Waals surface area contributed by atoms with E-state index in [2.05, 4.69) is 9.88 Å². The number of hydrogen-bond donors (Lipinski definition) is 0. The zero-order valence-corrected chi connectivity index (χ0v) is 17.0. The Labute approximate surface area is 170 Å². The van der Waals surface area contributed by atoms with Crippen molar-refractivity contribution in [2.24, 2.45) is 5.41 Å². The molecule has 152 valence electrons. The largest absolute Gasteiger partial charge is 0.379 e. The second kappa shape index (κ2) is 8.80. The highest BCUT2D eigenvalue weighted by Gasteiger charge is 2.51. The average Bonchev–Trinajstić information content (AvgIpc) is 3.31. The van der Waals surface area contributed by atoms with Crippen LogP contribution in [-0.2, 0) is 14.3 Å². The molecule has 28 heavy (non-hydrogen) atoms. The molecule has 3 fully saturated rings. The number of carbonyl (C=O) groups is 2. The van der Waals surface area contributed by atoms with Crippen LogP contribution in [0.1, 0.15) is 12.8 Å². The number of rotatable bonds is 6. The minimum absolute atomic E-state index is 0.123. The Morgan fingerprint density at radius 3 is 2.64 bits per heavy atom. The molecule has 0 aliphatic carbocycles. The molecule has 3 aliphatic rings. The summed E-state index contributed by atoms with van der Waals surface area (Å²) in [6.45, 7) is 7.25. The lowest BCUT2D eigenvalue weighted by molar-refractivity contribution is -0.136.